The van der Waals surface area contributed by atoms with Crippen molar-refractivity contribution in [3.8, 4) is 0 Å². The predicted molar refractivity (Wildman–Crippen MR) is 86.2 cm³/mol. The molecule has 1 unspecified atom stereocenters. The lowest BCUT2D eigenvalue weighted by Gasteiger charge is -2.27. The van der Waals surface area contributed by atoms with Gasteiger partial charge < -0.3 is 9.64 Å². The van der Waals surface area contributed by atoms with Crippen LogP contribution in [0.1, 0.15) is 26.7 Å². The molecule has 1 aromatic heterocycles. The fourth-order valence-electron chi connectivity index (χ4n) is 1.78. The molecule has 0 spiro atoms. The highest BCUT2D eigenvalue weighted by atomic mass is 32.2. The molecule has 0 aromatic carbocycles. The quantitative estimate of drug-likeness (QED) is 0.575. The highest BCUT2D eigenvalue weighted by Crippen LogP contribution is 2.31. The van der Waals surface area contributed by atoms with Crippen molar-refractivity contribution in [2.75, 3.05) is 31.4 Å². The molecule has 6 nitrogen and oxygen atoms in total. The number of nitrogens with zero attached hydrogens (tertiary/aromatic N) is 3. The summed E-state index contributed by atoms with van der Waals surface area (Å²) in [7, 11) is 3.87. The molecule has 1 atom stereocenters. The molecule has 1 fully saturated rings. The Labute approximate surface area is 133 Å². The Morgan fingerprint density at radius 2 is 2.24 bits per heavy atom. The van der Waals surface area contributed by atoms with Crippen LogP contribution in [-0.4, -0.2) is 54.2 Å². The lowest BCUT2D eigenvalue weighted by molar-refractivity contribution is -0.149. The van der Waals surface area contributed by atoms with Gasteiger partial charge in [0.05, 0.1) is 6.61 Å². The van der Waals surface area contributed by atoms with Crippen molar-refractivity contribution in [1.82, 2.24) is 15.5 Å². The van der Waals surface area contributed by atoms with E-state index in [-0.39, 0.29) is 5.97 Å². The Hall–Kier alpha value is -0.860. The lowest BCUT2D eigenvalue weighted by Crippen LogP contribution is -2.53. The Kier molecular flexibility index (Phi) is 5.45. The van der Waals surface area contributed by atoms with Crippen molar-refractivity contribution in [2.45, 2.75) is 42.6 Å². The number of esters is 1. The molecule has 1 aliphatic carbocycles. The van der Waals surface area contributed by atoms with Crippen LogP contribution in [0.5, 0.6) is 0 Å². The number of thioether (sulfide) groups is 1. The summed E-state index contributed by atoms with van der Waals surface area (Å²) in [5.74, 6) is 0.395. The number of rotatable bonds is 8. The van der Waals surface area contributed by atoms with Gasteiger partial charge in [0.2, 0.25) is 5.13 Å². The van der Waals surface area contributed by atoms with Crippen molar-refractivity contribution >= 4 is 34.2 Å². The first-order valence-corrected chi connectivity index (χ1v) is 8.83. The van der Waals surface area contributed by atoms with Crippen LogP contribution in [0.15, 0.2) is 4.34 Å². The van der Waals surface area contributed by atoms with E-state index in [4.69, 9.17) is 4.74 Å². The largest absolute Gasteiger partial charge is 0.465 e. The zero-order valence-corrected chi connectivity index (χ0v) is 14.5. The minimum atomic E-state index is -0.675. The molecule has 0 aliphatic heterocycles. The number of ether oxygens (including phenoxy) is 1. The summed E-state index contributed by atoms with van der Waals surface area (Å²) in [6, 6.07) is 0.437. The van der Waals surface area contributed by atoms with E-state index < -0.39 is 5.54 Å². The van der Waals surface area contributed by atoms with Gasteiger partial charge in [0, 0.05) is 25.9 Å². The van der Waals surface area contributed by atoms with E-state index in [1.54, 1.807) is 11.8 Å². The van der Waals surface area contributed by atoms with Crippen molar-refractivity contribution in [3.05, 3.63) is 0 Å². The molecule has 0 radical (unpaired) electrons. The third kappa shape index (κ3) is 4.55. The molecule has 1 aromatic rings. The average Bonchev–Trinajstić information content (AvgIpc) is 3.10. The first-order valence-electron chi connectivity index (χ1n) is 7.03. The summed E-state index contributed by atoms with van der Waals surface area (Å²) in [5.41, 5.74) is -0.675. The van der Waals surface area contributed by atoms with Gasteiger partial charge in [0.1, 0.15) is 5.54 Å². The van der Waals surface area contributed by atoms with Crippen LogP contribution in [0.4, 0.5) is 5.13 Å². The molecule has 1 heterocycles. The molecule has 0 amide bonds. The van der Waals surface area contributed by atoms with E-state index in [9.17, 15) is 4.79 Å². The standard InChI is InChI=1S/C13H22N4O2S2/c1-5-19-10(18)13(2,14-9-6-7-9)8-20-12-16-15-11(21-12)17(3)4/h9,14H,5-8H2,1-4H3. The number of hydrogen-bond acceptors (Lipinski definition) is 8. The molecular weight excluding hydrogens is 308 g/mol. The second-order valence-corrected chi connectivity index (χ2v) is 7.68. The summed E-state index contributed by atoms with van der Waals surface area (Å²) < 4.78 is 6.08. The fraction of sp³-hybridized carbons (Fsp3) is 0.769. The van der Waals surface area contributed by atoms with Crippen molar-refractivity contribution < 1.29 is 9.53 Å². The Balaban J connectivity index is 1.98. The third-order valence-corrected chi connectivity index (χ3v) is 5.63. The lowest BCUT2D eigenvalue weighted by atomic mass is 10.1. The number of anilines is 1. The van der Waals surface area contributed by atoms with Crippen LogP contribution in [0.25, 0.3) is 0 Å². The molecule has 0 saturated heterocycles. The minimum absolute atomic E-state index is 0.193. The van der Waals surface area contributed by atoms with Crippen LogP contribution < -0.4 is 10.2 Å². The summed E-state index contributed by atoms with van der Waals surface area (Å²) >= 11 is 3.07. The molecule has 0 bridgehead atoms. The van der Waals surface area contributed by atoms with Crippen molar-refractivity contribution in [2.24, 2.45) is 0 Å². The number of aromatic nitrogens is 2. The van der Waals surface area contributed by atoms with Gasteiger partial charge in [-0.15, -0.1) is 10.2 Å². The molecule has 21 heavy (non-hydrogen) atoms. The van der Waals surface area contributed by atoms with Crippen LogP contribution in [-0.2, 0) is 9.53 Å². The number of carbonyl (C=O) groups is 1. The van der Waals surface area contributed by atoms with Crippen molar-refractivity contribution in [1.29, 1.82) is 0 Å². The Morgan fingerprint density at radius 1 is 1.52 bits per heavy atom. The average molecular weight is 330 g/mol. The van der Waals surface area contributed by atoms with Crippen LogP contribution >= 0.6 is 23.1 Å². The van der Waals surface area contributed by atoms with E-state index >= 15 is 0 Å². The maximum Gasteiger partial charge on any atom is 0.326 e. The summed E-state index contributed by atoms with van der Waals surface area (Å²) in [6.07, 6.45) is 2.26. The van der Waals surface area contributed by atoms with Crippen LogP contribution in [0, 0.1) is 0 Å². The molecule has 2 rings (SSSR count). The zero-order valence-electron chi connectivity index (χ0n) is 12.9. The summed E-state index contributed by atoms with van der Waals surface area (Å²) in [6.45, 7) is 4.13. The Morgan fingerprint density at radius 3 is 2.76 bits per heavy atom. The van der Waals surface area contributed by atoms with Crippen LogP contribution in [0.2, 0.25) is 0 Å². The first kappa shape index (κ1) is 16.5. The second kappa shape index (κ2) is 6.93. The highest BCUT2D eigenvalue weighted by molar-refractivity contribution is 8.01. The van der Waals surface area contributed by atoms with Gasteiger partial charge in [-0.25, -0.2) is 0 Å². The zero-order chi connectivity index (χ0) is 15.5. The maximum atomic E-state index is 12.2. The van der Waals surface area contributed by atoms with Crippen LogP contribution in [0.3, 0.4) is 0 Å². The summed E-state index contributed by atoms with van der Waals surface area (Å²) in [4.78, 5) is 14.1. The van der Waals surface area contributed by atoms with Gasteiger partial charge in [0.15, 0.2) is 4.34 Å². The van der Waals surface area contributed by atoms with Gasteiger partial charge >= 0.3 is 5.97 Å². The van der Waals surface area contributed by atoms with Gasteiger partial charge in [-0.1, -0.05) is 23.1 Å². The molecule has 118 valence electrons. The van der Waals surface area contributed by atoms with Gasteiger partial charge in [-0.2, -0.15) is 0 Å². The predicted octanol–water partition coefficient (Wildman–Crippen LogP) is 1.77. The monoisotopic (exact) mass is 330 g/mol. The number of hydrogen-bond donors (Lipinski definition) is 1. The normalized spacial score (nSPS) is 17.3. The van der Waals surface area contributed by atoms with E-state index in [0.717, 1.165) is 22.3 Å². The van der Waals surface area contributed by atoms with E-state index in [1.807, 2.05) is 32.8 Å². The van der Waals surface area contributed by atoms with E-state index in [1.165, 1.54) is 11.3 Å². The van der Waals surface area contributed by atoms with E-state index in [0.29, 0.717) is 18.4 Å². The smallest absolute Gasteiger partial charge is 0.326 e. The number of nitrogens with one attached hydrogen (secondary N) is 1. The van der Waals surface area contributed by atoms with Crippen molar-refractivity contribution in [3.63, 3.8) is 0 Å². The molecule has 8 heteroatoms. The topological polar surface area (TPSA) is 67.3 Å². The molecule has 1 aliphatic rings. The highest BCUT2D eigenvalue weighted by Gasteiger charge is 2.40. The molecule has 1 saturated carbocycles. The fourth-order valence-corrected chi connectivity index (χ4v) is 3.63. The Bertz CT molecular complexity index is 490. The number of carbonyl (C=O) groups excluding carboxylic acids is 1. The maximum absolute atomic E-state index is 12.2. The van der Waals surface area contributed by atoms with Gasteiger partial charge in [0.25, 0.3) is 0 Å². The molecule has 1 N–H and O–H groups in total. The summed E-state index contributed by atoms with van der Waals surface area (Å²) in [5, 5.41) is 12.5. The minimum Gasteiger partial charge on any atom is -0.465 e. The first-order chi connectivity index (χ1) is 9.94. The third-order valence-electron chi connectivity index (χ3n) is 3.09. The van der Waals surface area contributed by atoms with Gasteiger partial charge in [-0.05, 0) is 26.7 Å². The SMILES string of the molecule is CCOC(=O)C(C)(CSc1nnc(N(C)C)s1)NC1CC1. The second-order valence-electron chi connectivity index (χ2n) is 5.50. The van der Waals surface area contributed by atoms with Gasteiger partial charge in [-0.3, -0.25) is 10.1 Å². The molecular formula is C13H22N4O2S2. The van der Waals surface area contributed by atoms with E-state index in [2.05, 4.69) is 15.5 Å².